The minimum Gasteiger partial charge on any atom is -0.497 e. The number of aromatic nitrogens is 2. The van der Waals surface area contributed by atoms with Crippen molar-refractivity contribution in [3.63, 3.8) is 0 Å². The van der Waals surface area contributed by atoms with Crippen molar-refractivity contribution in [1.82, 2.24) is 9.78 Å². The van der Waals surface area contributed by atoms with Gasteiger partial charge in [0.15, 0.2) is 0 Å². The van der Waals surface area contributed by atoms with Crippen LogP contribution in [-0.2, 0) is 6.54 Å². The number of ether oxygens (including phenoxy) is 1. The van der Waals surface area contributed by atoms with Gasteiger partial charge in [-0.2, -0.15) is 5.10 Å². The van der Waals surface area contributed by atoms with E-state index in [2.05, 4.69) is 87.8 Å². The summed E-state index contributed by atoms with van der Waals surface area (Å²) in [5, 5.41) is 5.11. The quantitative estimate of drug-likeness (QED) is 0.361. The first-order valence-corrected chi connectivity index (χ1v) is 10.7. The average Bonchev–Trinajstić information content (AvgIpc) is 3.08. The third kappa shape index (κ3) is 4.13. The van der Waals surface area contributed by atoms with Crippen LogP contribution in [0.4, 0.5) is 0 Å². The van der Waals surface area contributed by atoms with Gasteiger partial charge < -0.3 is 4.74 Å². The zero-order valence-electron chi connectivity index (χ0n) is 19.3. The molecular formula is C28H30N2O. The number of methoxy groups -OCH3 is 1. The standard InChI is InChI=1S/C28H30N2O/c1-18-10-12-24(14-20(18)3)27-22(5)28(25-13-11-19(2)21(4)15-25)30(29-27)17-23-8-7-9-26(16-23)31-6/h7-16H,17H2,1-6H3. The van der Waals surface area contributed by atoms with Gasteiger partial charge in [0.25, 0.3) is 0 Å². The number of nitrogens with zero attached hydrogens (tertiary/aromatic N) is 2. The van der Waals surface area contributed by atoms with E-state index in [4.69, 9.17) is 9.84 Å². The summed E-state index contributed by atoms with van der Waals surface area (Å²) in [5.74, 6) is 0.864. The van der Waals surface area contributed by atoms with Crippen molar-refractivity contribution in [2.45, 2.75) is 41.2 Å². The molecule has 3 heteroatoms. The van der Waals surface area contributed by atoms with Crippen LogP contribution in [0.25, 0.3) is 22.5 Å². The highest BCUT2D eigenvalue weighted by Gasteiger charge is 2.18. The maximum atomic E-state index is 5.43. The number of aryl methyl sites for hydroxylation is 4. The second-order valence-corrected chi connectivity index (χ2v) is 8.43. The summed E-state index contributed by atoms with van der Waals surface area (Å²) in [5.41, 5.74) is 12.1. The molecule has 4 aromatic rings. The second-order valence-electron chi connectivity index (χ2n) is 8.43. The smallest absolute Gasteiger partial charge is 0.119 e. The van der Waals surface area contributed by atoms with Gasteiger partial charge in [-0.15, -0.1) is 0 Å². The Hall–Kier alpha value is -3.33. The highest BCUT2D eigenvalue weighted by atomic mass is 16.5. The fourth-order valence-corrected chi connectivity index (χ4v) is 4.03. The molecule has 0 aliphatic carbocycles. The molecule has 0 saturated heterocycles. The fourth-order valence-electron chi connectivity index (χ4n) is 4.03. The Morgan fingerprint density at radius 2 is 1.39 bits per heavy atom. The molecule has 0 spiro atoms. The van der Waals surface area contributed by atoms with Gasteiger partial charge in [0, 0.05) is 16.7 Å². The Bertz CT molecular complexity index is 1250. The van der Waals surface area contributed by atoms with Crippen LogP contribution in [0.15, 0.2) is 60.7 Å². The van der Waals surface area contributed by atoms with E-state index in [-0.39, 0.29) is 0 Å². The summed E-state index contributed by atoms with van der Waals surface area (Å²) in [7, 11) is 1.70. The van der Waals surface area contributed by atoms with Crippen LogP contribution < -0.4 is 4.74 Å². The van der Waals surface area contributed by atoms with Crippen molar-refractivity contribution in [2.24, 2.45) is 0 Å². The molecule has 3 aromatic carbocycles. The first-order valence-electron chi connectivity index (χ1n) is 10.7. The van der Waals surface area contributed by atoms with Gasteiger partial charge in [-0.25, -0.2) is 0 Å². The molecule has 0 aliphatic rings. The molecule has 0 atom stereocenters. The zero-order chi connectivity index (χ0) is 22.1. The Morgan fingerprint density at radius 1 is 0.742 bits per heavy atom. The Morgan fingerprint density at radius 3 is 2.03 bits per heavy atom. The minimum absolute atomic E-state index is 0.686. The van der Waals surface area contributed by atoms with Gasteiger partial charge in [0.2, 0.25) is 0 Å². The largest absolute Gasteiger partial charge is 0.497 e. The van der Waals surface area contributed by atoms with Gasteiger partial charge in [-0.3, -0.25) is 4.68 Å². The molecule has 0 fully saturated rings. The monoisotopic (exact) mass is 410 g/mol. The van der Waals surface area contributed by atoms with Crippen LogP contribution in [0.2, 0.25) is 0 Å². The van der Waals surface area contributed by atoms with Crippen LogP contribution in [-0.4, -0.2) is 16.9 Å². The third-order valence-electron chi connectivity index (χ3n) is 6.22. The van der Waals surface area contributed by atoms with Crippen LogP contribution in [0, 0.1) is 34.6 Å². The van der Waals surface area contributed by atoms with Crippen molar-refractivity contribution in [2.75, 3.05) is 7.11 Å². The molecule has 0 amide bonds. The fraction of sp³-hybridized carbons (Fsp3) is 0.250. The van der Waals surface area contributed by atoms with E-state index in [1.807, 2.05) is 12.1 Å². The van der Waals surface area contributed by atoms with Crippen molar-refractivity contribution in [3.05, 3.63) is 94.0 Å². The molecule has 1 aromatic heterocycles. The van der Waals surface area contributed by atoms with Crippen molar-refractivity contribution >= 4 is 0 Å². The number of hydrogen-bond donors (Lipinski definition) is 0. The zero-order valence-corrected chi connectivity index (χ0v) is 19.3. The predicted molar refractivity (Wildman–Crippen MR) is 129 cm³/mol. The third-order valence-corrected chi connectivity index (χ3v) is 6.22. The summed E-state index contributed by atoms with van der Waals surface area (Å²) in [6.45, 7) is 11.5. The topological polar surface area (TPSA) is 27.1 Å². The highest BCUT2D eigenvalue weighted by Crippen LogP contribution is 2.34. The Balaban J connectivity index is 1.88. The SMILES string of the molecule is COc1cccc(Cn2nc(-c3ccc(C)c(C)c3)c(C)c2-c2ccc(C)c(C)c2)c1. The lowest BCUT2D eigenvalue weighted by Crippen LogP contribution is -2.05. The predicted octanol–water partition coefficient (Wildman–Crippen LogP) is 6.82. The Kier molecular flexibility index (Phi) is 5.69. The molecule has 3 nitrogen and oxygen atoms in total. The van der Waals surface area contributed by atoms with Crippen LogP contribution in [0.5, 0.6) is 5.75 Å². The van der Waals surface area contributed by atoms with Crippen molar-refractivity contribution in [1.29, 1.82) is 0 Å². The highest BCUT2D eigenvalue weighted by molar-refractivity contribution is 5.75. The van der Waals surface area contributed by atoms with Crippen LogP contribution in [0.3, 0.4) is 0 Å². The molecule has 158 valence electrons. The van der Waals surface area contributed by atoms with Crippen LogP contribution >= 0.6 is 0 Å². The summed E-state index contributed by atoms with van der Waals surface area (Å²) < 4.78 is 7.57. The number of rotatable bonds is 5. The van der Waals surface area contributed by atoms with Crippen LogP contribution in [0.1, 0.15) is 33.4 Å². The summed E-state index contributed by atoms with van der Waals surface area (Å²) in [4.78, 5) is 0. The molecule has 0 radical (unpaired) electrons. The first kappa shape index (κ1) is 20.9. The van der Waals surface area contributed by atoms with E-state index in [9.17, 15) is 0 Å². The molecule has 0 saturated carbocycles. The Labute approximate surface area is 185 Å². The molecule has 0 N–H and O–H groups in total. The van der Waals surface area contributed by atoms with Crippen molar-refractivity contribution < 1.29 is 4.74 Å². The second kappa shape index (κ2) is 8.43. The molecule has 31 heavy (non-hydrogen) atoms. The van der Waals surface area contributed by atoms with E-state index in [0.717, 1.165) is 17.0 Å². The molecular weight excluding hydrogens is 380 g/mol. The lowest BCUT2D eigenvalue weighted by molar-refractivity contribution is 0.414. The maximum absolute atomic E-state index is 5.43. The molecule has 0 aliphatic heterocycles. The number of benzene rings is 3. The van der Waals surface area contributed by atoms with E-state index in [1.165, 1.54) is 44.6 Å². The van der Waals surface area contributed by atoms with E-state index >= 15 is 0 Å². The molecule has 4 rings (SSSR count). The molecule has 1 heterocycles. The van der Waals surface area contributed by atoms with Gasteiger partial charge >= 0.3 is 0 Å². The lowest BCUT2D eigenvalue weighted by Gasteiger charge is -2.11. The number of hydrogen-bond acceptors (Lipinski definition) is 2. The minimum atomic E-state index is 0.686. The molecule has 0 bridgehead atoms. The van der Waals surface area contributed by atoms with Crippen molar-refractivity contribution in [3.8, 4) is 28.3 Å². The summed E-state index contributed by atoms with van der Waals surface area (Å²) >= 11 is 0. The first-order chi connectivity index (χ1) is 14.9. The summed E-state index contributed by atoms with van der Waals surface area (Å²) in [6, 6.07) is 21.5. The van der Waals surface area contributed by atoms with E-state index in [1.54, 1.807) is 7.11 Å². The van der Waals surface area contributed by atoms with Gasteiger partial charge in [-0.05, 0) is 86.7 Å². The van der Waals surface area contributed by atoms with E-state index < -0.39 is 0 Å². The normalized spacial score (nSPS) is 11.0. The van der Waals surface area contributed by atoms with Gasteiger partial charge in [0.1, 0.15) is 5.75 Å². The van der Waals surface area contributed by atoms with E-state index in [0.29, 0.717) is 6.54 Å². The van der Waals surface area contributed by atoms with Gasteiger partial charge in [0.05, 0.1) is 25.0 Å². The lowest BCUT2D eigenvalue weighted by atomic mass is 9.98. The summed E-state index contributed by atoms with van der Waals surface area (Å²) in [6.07, 6.45) is 0. The average molecular weight is 411 g/mol. The van der Waals surface area contributed by atoms with Gasteiger partial charge in [-0.1, -0.05) is 36.4 Å². The maximum Gasteiger partial charge on any atom is 0.119 e. The molecule has 0 unspecified atom stereocenters.